The number of thioether (sulfide) groups is 5. The Balaban J connectivity index is 0.000000117. The number of fused-ring (bicyclic) bond motifs is 5. The van der Waals surface area contributed by atoms with Gasteiger partial charge in [-0.3, -0.25) is 0 Å². The molecule has 26 nitrogen and oxygen atoms in total. The van der Waals surface area contributed by atoms with Crippen LogP contribution in [0.2, 0.25) is 28.6 Å². The van der Waals surface area contributed by atoms with Gasteiger partial charge in [0.15, 0.2) is 31.5 Å². The fourth-order valence-electron chi connectivity index (χ4n) is 15.0. The number of benzene rings is 5. The van der Waals surface area contributed by atoms with Crippen molar-refractivity contribution in [2.75, 3.05) is 28.8 Å². The van der Waals surface area contributed by atoms with Gasteiger partial charge in [-0.25, -0.2) is 76.7 Å². The maximum Gasteiger partial charge on any atom is 0.416 e. The molecule has 15 aromatic rings. The number of halogens is 9. The van der Waals surface area contributed by atoms with Crippen molar-refractivity contribution >= 4 is 162 Å². The van der Waals surface area contributed by atoms with Gasteiger partial charge in [0.25, 0.3) is 0 Å². The smallest absolute Gasteiger partial charge is 0.416 e. The SMILES string of the molecule is C[n+]1c([O-])c(-c2cc(Cl)cc(Cl)c2)c(=O)n2c1SC[C@@H]2c1cnc(Cl)s1.C[n+]1c([O-])c(-c2cccc(C(F)(F)F)c2)c(=O)n2c1SC[C@@H]2c1cnc(Cl)s1.C[n+]1c([O-])c(-c2ccccc2)c(=O)n2c1SC[C@@H]2c1ccc(Cl)nc1.C[n+]1c([O-])c(-c2ccccc2)c(=O)n2c1SC[C@@H]2c1cnc(Cl)s1.C[n+]1c([O-])c(-c2ccccc2)c(=O)n2c1SC[C@@H]2c1cncnc1. The normalized spacial score (nSPS) is 16.2. The van der Waals surface area contributed by atoms with Crippen molar-refractivity contribution in [3.8, 4) is 85.0 Å². The van der Waals surface area contributed by atoms with E-state index in [1.54, 1.807) is 158 Å². The summed E-state index contributed by atoms with van der Waals surface area (Å²) < 4.78 is 56.0. The summed E-state index contributed by atoms with van der Waals surface area (Å²) in [7, 11) is 8.26. The molecule has 0 unspecified atom stereocenters. The molecule has 5 aliphatic rings. The zero-order valence-electron chi connectivity index (χ0n) is 66.2. The molecule has 0 spiro atoms. The molecule has 43 heteroatoms. The second kappa shape index (κ2) is 37.5. The number of hydrogen-bond acceptors (Lipinski definition) is 24. The molecule has 5 aliphatic heterocycles. The van der Waals surface area contributed by atoms with Gasteiger partial charge in [0.1, 0.15) is 51.4 Å². The highest BCUT2D eigenvalue weighted by Gasteiger charge is 2.44. The van der Waals surface area contributed by atoms with Gasteiger partial charge in [0.2, 0.25) is 0 Å². The van der Waals surface area contributed by atoms with E-state index in [2.05, 4.69) is 29.9 Å². The van der Waals surface area contributed by atoms with Gasteiger partial charge >= 0.3 is 59.8 Å². The predicted octanol–water partition coefficient (Wildman–Crippen LogP) is 12.0. The average molecular weight is 1980 g/mol. The molecule has 648 valence electrons. The van der Waals surface area contributed by atoms with Crippen LogP contribution in [0.1, 0.15) is 61.5 Å². The number of nitrogens with zero attached hydrogens (tertiary/aromatic N) is 16. The highest BCUT2D eigenvalue weighted by Crippen LogP contribution is 2.45. The van der Waals surface area contributed by atoms with Crippen LogP contribution in [0.25, 0.3) is 55.6 Å². The lowest BCUT2D eigenvalue weighted by molar-refractivity contribution is -0.751. The van der Waals surface area contributed by atoms with Crippen LogP contribution in [-0.2, 0) is 41.4 Å². The third-order valence-corrected chi connectivity index (χ3v) is 31.4. The van der Waals surface area contributed by atoms with Gasteiger partial charge in [-0.15, -0.1) is 34.0 Å². The van der Waals surface area contributed by atoms with Crippen molar-refractivity contribution in [2.24, 2.45) is 35.2 Å². The van der Waals surface area contributed by atoms with E-state index >= 15 is 0 Å². The minimum absolute atomic E-state index is 0.0452. The van der Waals surface area contributed by atoms with Crippen LogP contribution in [0.3, 0.4) is 0 Å². The lowest BCUT2D eigenvalue weighted by Gasteiger charge is -2.17. The molecule has 0 amide bonds. The Morgan fingerprint density at radius 1 is 0.346 bits per heavy atom. The first-order chi connectivity index (χ1) is 60.9. The molecule has 0 saturated carbocycles. The Morgan fingerprint density at radius 3 is 0.969 bits per heavy atom. The average Bonchev–Trinajstić information content (AvgIpc) is 1.66. The lowest BCUT2D eigenvalue weighted by atomic mass is 10.0. The number of aromatic nitrogens is 16. The first kappa shape index (κ1) is 90.3. The maximum absolute atomic E-state index is 13.2. The van der Waals surface area contributed by atoms with Crippen LogP contribution in [0, 0.1) is 0 Å². The van der Waals surface area contributed by atoms with Crippen molar-refractivity contribution < 1.29 is 61.5 Å². The standard InChI is InChI=1S/C18H14ClN3O2S.C17H11ClF3N3O2S2.C17H14N4O2S.C16H10Cl3N3O2S2.C16H12ClN3O2S2/c1-21-16(23)15(11-5-3-2-4-6-11)17(24)22-13(10-25-18(21)22)12-7-8-14(19)20-9-12;1-23-13(25)12(8-3-2-4-9(5-8)17(19,20)21)14(26)24-10(7-27-16(23)24)11-6-22-15(18)28-11;1-20-15(22)14(11-5-3-2-4-6-11)16(23)21-13(9-24-17(20)21)12-7-18-10-19-8-12;1-21-13(23)12(7-2-8(17)4-9(18)3-7)14(24)22-10(6-25-16(21)22)11-5-20-15(19)26-11;1-19-13(21)12(9-5-3-2-4-6-9)14(22)20-10(8-23-16(19)20)11-7-18-15(17)24-11/h2-9,13H,10H2,1H3;2-6,10H,7H2,1H3;2-8,10,13H,9H2,1H3;2-5,10H,6H2,1H3;2-7,10H,8H2,1H3/t13-;10-;13-;2*10-/m11111/s1. The van der Waals surface area contributed by atoms with E-state index < -0.39 is 29.2 Å². The van der Waals surface area contributed by atoms with Crippen LogP contribution in [-0.4, -0.2) is 81.5 Å². The lowest BCUT2D eigenvalue weighted by Crippen LogP contribution is -2.43. The Kier molecular flexibility index (Phi) is 26.7. The quantitative estimate of drug-likeness (QED) is 0.0697. The Labute approximate surface area is 781 Å². The number of alkyl halides is 3. The summed E-state index contributed by atoms with van der Waals surface area (Å²) in [6, 6.07) is 38.6. The van der Waals surface area contributed by atoms with Crippen LogP contribution in [0.4, 0.5) is 13.2 Å². The minimum atomic E-state index is -4.58. The molecule has 5 aromatic carbocycles. The highest BCUT2D eigenvalue weighted by atomic mass is 35.5. The van der Waals surface area contributed by atoms with Crippen LogP contribution in [0.5, 0.6) is 29.4 Å². The van der Waals surface area contributed by atoms with E-state index in [1.807, 2.05) is 60.7 Å². The van der Waals surface area contributed by atoms with E-state index in [1.165, 1.54) is 132 Å². The van der Waals surface area contributed by atoms with Crippen LogP contribution < -0.4 is 76.2 Å². The molecule has 0 radical (unpaired) electrons. The van der Waals surface area contributed by atoms with Crippen molar-refractivity contribution in [3.05, 3.63) is 301 Å². The first-order valence-electron chi connectivity index (χ1n) is 37.8. The van der Waals surface area contributed by atoms with Gasteiger partial charge < -0.3 is 25.5 Å². The fraction of sp³-hybridized carbons (Fsp3) is 0.190. The summed E-state index contributed by atoms with van der Waals surface area (Å²) in [6.07, 6.45) is 6.93. The van der Waals surface area contributed by atoms with Crippen molar-refractivity contribution in [1.29, 1.82) is 0 Å². The van der Waals surface area contributed by atoms with E-state index in [9.17, 15) is 62.7 Å². The molecule has 20 rings (SSSR count). The Hall–Kier alpha value is -10.1. The zero-order chi connectivity index (χ0) is 89.9. The molecule has 0 aliphatic carbocycles. The second-order valence-electron chi connectivity index (χ2n) is 28.6. The fourth-order valence-corrected chi connectivity index (χ4v) is 25.4. The molecule has 0 saturated heterocycles. The van der Waals surface area contributed by atoms with E-state index in [0.717, 1.165) is 37.9 Å². The number of pyridine rings is 1. The summed E-state index contributed by atoms with van der Waals surface area (Å²) in [5.41, 5.74) is 1.64. The van der Waals surface area contributed by atoms with Gasteiger partial charge in [0.05, 0.1) is 114 Å². The maximum atomic E-state index is 13.2. The zero-order valence-corrected chi connectivity index (χ0v) is 77.3. The largest absolute Gasteiger partial charge is 0.842 e. The van der Waals surface area contributed by atoms with Gasteiger partial charge in [0, 0.05) is 58.4 Å². The van der Waals surface area contributed by atoms with Gasteiger partial charge in [-0.05, 0) is 123 Å². The van der Waals surface area contributed by atoms with Crippen molar-refractivity contribution in [2.45, 2.75) is 62.2 Å². The number of rotatable bonds is 10. The molecule has 127 heavy (non-hydrogen) atoms. The van der Waals surface area contributed by atoms with Gasteiger partial charge in [-0.2, -0.15) is 36.0 Å². The third kappa shape index (κ3) is 17.6. The molecular weight excluding hydrogens is 1920 g/mol. The van der Waals surface area contributed by atoms with E-state index in [0.29, 0.717) is 105 Å². The van der Waals surface area contributed by atoms with E-state index in [4.69, 9.17) is 69.6 Å². The Morgan fingerprint density at radius 2 is 0.654 bits per heavy atom. The molecular formula is C84H61Cl6F3N16O10S8. The summed E-state index contributed by atoms with van der Waals surface area (Å²) in [5.74, 6) is 1.32. The highest BCUT2D eigenvalue weighted by molar-refractivity contribution is 8.00. The summed E-state index contributed by atoms with van der Waals surface area (Å²) >= 11 is 47.0. The molecule has 0 bridgehead atoms. The minimum Gasteiger partial charge on any atom is -0.842 e. The van der Waals surface area contributed by atoms with Crippen molar-refractivity contribution in [3.63, 3.8) is 0 Å². The van der Waals surface area contributed by atoms with E-state index in [-0.39, 0.29) is 103 Å². The summed E-state index contributed by atoms with van der Waals surface area (Å²) in [5, 5.41) is 67.9. The summed E-state index contributed by atoms with van der Waals surface area (Å²) in [6.45, 7) is 0. The first-order valence-corrected chi connectivity index (χ1v) is 47.4. The Bertz CT molecular complexity index is 7130. The molecule has 10 aromatic heterocycles. The number of hydrogen-bond donors (Lipinski definition) is 0. The topological polar surface area (TPSA) is 322 Å². The van der Waals surface area contributed by atoms with Gasteiger partial charge in [-0.1, -0.05) is 179 Å². The monoisotopic (exact) mass is 1980 g/mol. The van der Waals surface area contributed by atoms with Crippen LogP contribution in [0.15, 0.2) is 239 Å². The van der Waals surface area contributed by atoms with Crippen LogP contribution >= 0.6 is 162 Å². The van der Waals surface area contributed by atoms with Crippen molar-refractivity contribution in [1.82, 2.24) is 52.7 Å². The predicted molar refractivity (Wildman–Crippen MR) is 476 cm³/mol. The molecule has 0 N–H and O–H groups in total. The molecule has 5 atom stereocenters. The second-order valence-corrected chi connectivity index (χ2v) is 39.7. The number of thiazole rings is 3. The molecule has 0 fully saturated rings. The summed E-state index contributed by atoms with van der Waals surface area (Å²) in [4.78, 5) is 92.7. The third-order valence-electron chi connectivity index (χ3n) is 21.0. The molecule has 15 heterocycles.